The van der Waals surface area contributed by atoms with E-state index < -0.39 is 4.92 Å². The topological polar surface area (TPSA) is 68.2 Å². The van der Waals surface area contributed by atoms with Gasteiger partial charge in [-0.2, -0.15) is 0 Å². The molecule has 0 fully saturated rings. The second-order valence-corrected chi connectivity index (χ2v) is 5.46. The van der Waals surface area contributed by atoms with Crippen LogP contribution in [-0.2, 0) is 6.61 Å². The Labute approximate surface area is 128 Å². The van der Waals surface area contributed by atoms with Crippen LogP contribution in [0.5, 0.6) is 5.75 Å². The average molecular weight is 347 g/mol. The van der Waals surface area contributed by atoms with Gasteiger partial charge in [0.2, 0.25) is 0 Å². The molecule has 0 unspecified atom stereocenters. The summed E-state index contributed by atoms with van der Waals surface area (Å²) < 4.78 is 6.34. The fraction of sp³-hybridized carbons (Fsp3) is 0.0667. The van der Waals surface area contributed by atoms with Crippen LogP contribution in [0.25, 0.3) is 10.9 Å². The van der Waals surface area contributed by atoms with Gasteiger partial charge in [-0.25, -0.2) is 0 Å². The molecule has 0 aliphatic rings. The summed E-state index contributed by atoms with van der Waals surface area (Å²) in [5.74, 6) is 0.680. The lowest BCUT2D eigenvalue weighted by Crippen LogP contribution is -2.00. The van der Waals surface area contributed by atoms with E-state index in [2.05, 4.69) is 20.9 Å². The lowest BCUT2D eigenvalue weighted by molar-refractivity contribution is -0.385. The number of hydrogen-bond acceptors (Lipinski definition) is 3. The maximum absolute atomic E-state index is 11.1. The van der Waals surface area contributed by atoms with Gasteiger partial charge in [-0.15, -0.1) is 0 Å². The Morgan fingerprint density at radius 3 is 2.86 bits per heavy atom. The molecule has 2 aromatic carbocycles. The predicted molar refractivity (Wildman–Crippen MR) is 83.4 cm³/mol. The molecule has 3 aromatic rings. The van der Waals surface area contributed by atoms with Crippen LogP contribution < -0.4 is 4.74 Å². The number of H-pyrrole nitrogens is 1. The standard InChI is InChI=1S/C15H11BrN2O3/c16-12-2-1-11(15(8-12)18(19)20)9-21-13-3-4-14-10(7-13)5-6-17-14/h1-8,17H,9H2. The van der Waals surface area contributed by atoms with Crippen molar-refractivity contribution >= 4 is 32.5 Å². The Bertz CT molecular complexity index is 814. The molecular weight excluding hydrogens is 336 g/mol. The van der Waals surface area contributed by atoms with Crippen molar-refractivity contribution in [2.75, 3.05) is 0 Å². The number of ether oxygens (including phenoxy) is 1. The van der Waals surface area contributed by atoms with Gasteiger partial charge in [0.05, 0.1) is 10.5 Å². The number of aromatic amines is 1. The zero-order valence-corrected chi connectivity index (χ0v) is 12.5. The summed E-state index contributed by atoms with van der Waals surface area (Å²) in [7, 11) is 0. The number of halogens is 1. The van der Waals surface area contributed by atoms with E-state index in [0.717, 1.165) is 10.9 Å². The predicted octanol–water partition coefficient (Wildman–Crippen LogP) is 4.42. The van der Waals surface area contributed by atoms with Gasteiger partial charge in [0.15, 0.2) is 0 Å². The second kappa shape index (κ2) is 5.57. The Kier molecular flexibility index (Phi) is 3.62. The summed E-state index contributed by atoms with van der Waals surface area (Å²) in [5.41, 5.74) is 1.61. The molecule has 0 atom stereocenters. The van der Waals surface area contributed by atoms with Gasteiger partial charge in [-0.1, -0.05) is 15.9 Å². The third kappa shape index (κ3) is 2.90. The van der Waals surface area contributed by atoms with Crippen molar-refractivity contribution in [1.82, 2.24) is 4.98 Å². The summed E-state index contributed by atoms with van der Waals surface area (Å²) in [5, 5.41) is 12.1. The SMILES string of the molecule is O=[N+]([O-])c1cc(Br)ccc1COc1ccc2[nH]ccc2c1. The minimum absolute atomic E-state index is 0.0482. The van der Waals surface area contributed by atoms with Gasteiger partial charge < -0.3 is 9.72 Å². The molecule has 106 valence electrons. The normalized spacial score (nSPS) is 10.7. The fourth-order valence-corrected chi connectivity index (χ4v) is 2.46. The molecule has 21 heavy (non-hydrogen) atoms. The largest absolute Gasteiger partial charge is 0.489 e. The molecule has 1 N–H and O–H groups in total. The molecule has 1 heterocycles. The van der Waals surface area contributed by atoms with Gasteiger partial charge in [-0.05, 0) is 36.4 Å². The fourth-order valence-electron chi connectivity index (χ4n) is 2.11. The molecular formula is C15H11BrN2O3. The van der Waals surface area contributed by atoms with Crippen LogP contribution in [-0.4, -0.2) is 9.91 Å². The molecule has 0 saturated heterocycles. The lowest BCUT2D eigenvalue weighted by Gasteiger charge is -2.07. The Morgan fingerprint density at radius 1 is 1.19 bits per heavy atom. The molecule has 0 saturated carbocycles. The first-order valence-electron chi connectivity index (χ1n) is 6.26. The van der Waals surface area contributed by atoms with Crippen molar-refractivity contribution in [3.63, 3.8) is 0 Å². The Morgan fingerprint density at radius 2 is 2.05 bits per heavy atom. The van der Waals surface area contributed by atoms with Crippen LogP contribution in [0.15, 0.2) is 53.1 Å². The number of hydrogen-bond donors (Lipinski definition) is 1. The van der Waals surface area contributed by atoms with Crippen molar-refractivity contribution in [2.24, 2.45) is 0 Å². The van der Waals surface area contributed by atoms with Crippen molar-refractivity contribution in [3.05, 3.63) is 68.8 Å². The van der Waals surface area contributed by atoms with Gasteiger partial charge in [-0.3, -0.25) is 10.1 Å². The molecule has 0 bridgehead atoms. The van der Waals surface area contributed by atoms with Gasteiger partial charge in [0.25, 0.3) is 5.69 Å². The van der Waals surface area contributed by atoms with Crippen molar-refractivity contribution < 1.29 is 9.66 Å². The zero-order valence-electron chi connectivity index (χ0n) is 10.9. The molecule has 0 amide bonds. The molecule has 5 nitrogen and oxygen atoms in total. The minimum atomic E-state index is -0.404. The summed E-state index contributed by atoms with van der Waals surface area (Å²) >= 11 is 3.23. The number of fused-ring (bicyclic) bond motifs is 1. The number of benzene rings is 2. The lowest BCUT2D eigenvalue weighted by atomic mass is 10.2. The smallest absolute Gasteiger partial charge is 0.277 e. The van der Waals surface area contributed by atoms with E-state index in [1.165, 1.54) is 6.07 Å². The zero-order chi connectivity index (χ0) is 14.8. The van der Waals surface area contributed by atoms with E-state index in [0.29, 0.717) is 15.8 Å². The van der Waals surface area contributed by atoms with Crippen molar-refractivity contribution in [2.45, 2.75) is 6.61 Å². The van der Waals surface area contributed by atoms with Crippen LogP contribution in [0.2, 0.25) is 0 Å². The molecule has 0 spiro atoms. The molecule has 0 aliphatic heterocycles. The maximum Gasteiger partial charge on any atom is 0.277 e. The monoisotopic (exact) mass is 346 g/mol. The number of rotatable bonds is 4. The Balaban J connectivity index is 1.82. The highest BCUT2D eigenvalue weighted by molar-refractivity contribution is 9.10. The summed E-state index contributed by atoms with van der Waals surface area (Å²) in [6.45, 7) is 0.152. The Hall–Kier alpha value is -2.34. The van der Waals surface area contributed by atoms with E-state index in [9.17, 15) is 10.1 Å². The first-order chi connectivity index (χ1) is 10.1. The van der Waals surface area contributed by atoms with E-state index in [1.54, 1.807) is 12.1 Å². The highest BCUT2D eigenvalue weighted by atomic mass is 79.9. The van der Waals surface area contributed by atoms with Crippen LogP contribution in [0.4, 0.5) is 5.69 Å². The first kappa shape index (κ1) is 13.6. The third-order valence-corrected chi connectivity index (χ3v) is 3.66. The quantitative estimate of drug-likeness (QED) is 0.561. The minimum Gasteiger partial charge on any atom is -0.489 e. The highest BCUT2D eigenvalue weighted by Gasteiger charge is 2.14. The van der Waals surface area contributed by atoms with Crippen LogP contribution in [0.1, 0.15) is 5.56 Å². The third-order valence-electron chi connectivity index (χ3n) is 3.16. The molecule has 3 rings (SSSR count). The van der Waals surface area contributed by atoms with E-state index in [4.69, 9.17) is 4.74 Å². The maximum atomic E-state index is 11.1. The second-order valence-electron chi connectivity index (χ2n) is 4.55. The van der Waals surface area contributed by atoms with Crippen LogP contribution in [0.3, 0.4) is 0 Å². The van der Waals surface area contributed by atoms with Gasteiger partial charge >= 0.3 is 0 Å². The average Bonchev–Trinajstić information content (AvgIpc) is 2.93. The molecule has 1 aromatic heterocycles. The molecule has 6 heteroatoms. The number of nitrogens with zero attached hydrogens (tertiary/aromatic N) is 1. The van der Waals surface area contributed by atoms with Crippen LogP contribution in [0, 0.1) is 10.1 Å². The number of nitrogens with one attached hydrogen (secondary N) is 1. The first-order valence-corrected chi connectivity index (χ1v) is 7.05. The van der Waals surface area contributed by atoms with E-state index in [-0.39, 0.29) is 12.3 Å². The van der Waals surface area contributed by atoms with Gasteiger partial charge in [0.1, 0.15) is 12.4 Å². The van der Waals surface area contributed by atoms with Crippen LogP contribution >= 0.6 is 15.9 Å². The number of aromatic nitrogens is 1. The summed E-state index contributed by atoms with van der Waals surface area (Å²) in [6, 6.07) is 12.5. The molecule has 0 radical (unpaired) electrons. The summed E-state index contributed by atoms with van der Waals surface area (Å²) in [6.07, 6.45) is 1.86. The molecule has 0 aliphatic carbocycles. The van der Waals surface area contributed by atoms with E-state index in [1.807, 2.05) is 30.5 Å². The number of nitro benzene ring substituents is 1. The summed E-state index contributed by atoms with van der Waals surface area (Å²) in [4.78, 5) is 13.7. The van der Waals surface area contributed by atoms with Gasteiger partial charge in [0, 0.05) is 27.6 Å². The van der Waals surface area contributed by atoms with Crippen molar-refractivity contribution in [3.8, 4) is 5.75 Å². The number of nitro groups is 1. The van der Waals surface area contributed by atoms with Crippen molar-refractivity contribution in [1.29, 1.82) is 0 Å². The van der Waals surface area contributed by atoms with E-state index >= 15 is 0 Å². The highest BCUT2D eigenvalue weighted by Crippen LogP contribution is 2.26.